The zero-order chi connectivity index (χ0) is 30.3. The fraction of sp³-hybridized carbons (Fsp3) is 0.400. The van der Waals surface area contributed by atoms with Gasteiger partial charge in [-0.15, -0.1) is 0 Å². The van der Waals surface area contributed by atoms with Crippen LogP contribution >= 0.6 is 0 Å². The molecule has 4 nitrogen and oxygen atoms in total. The average molecular weight is 593 g/mol. The molecule has 0 aliphatic heterocycles. The van der Waals surface area contributed by atoms with Crippen LogP contribution in [-0.2, 0) is 26.2 Å². The first-order valence-corrected chi connectivity index (χ1v) is 16.8. The molecule has 0 atom stereocenters. The molecule has 4 rings (SSSR count). The fourth-order valence-corrected chi connectivity index (χ4v) is 5.30. The quantitative estimate of drug-likeness (QED) is 0.0842. The molecule has 0 amide bonds. The largest absolute Gasteiger partial charge is 0.494 e. The lowest BCUT2D eigenvalue weighted by Crippen LogP contribution is -2.12. The Morgan fingerprint density at radius 2 is 0.614 bits per heavy atom. The molecule has 0 fully saturated rings. The monoisotopic (exact) mass is 592 g/mol. The van der Waals surface area contributed by atoms with Crippen LogP contribution in [0.15, 0.2) is 109 Å². The average Bonchev–Trinajstić information content (AvgIpc) is 3.07. The summed E-state index contributed by atoms with van der Waals surface area (Å²) in [5, 5.41) is 7.00. The van der Waals surface area contributed by atoms with Gasteiger partial charge in [0.05, 0.1) is 13.2 Å². The van der Waals surface area contributed by atoms with Crippen LogP contribution in [0.4, 0.5) is 0 Å². The maximum Gasteiger partial charge on any atom is 0.119 e. The lowest BCUT2D eigenvalue weighted by molar-refractivity contribution is 0.302. The Hall–Kier alpha value is -3.60. The van der Waals surface area contributed by atoms with Crippen molar-refractivity contribution in [2.75, 3.05) is 13.2 Å². The van der Waals surface area contributed by atoms with Gasteiger partial charge in [0.2, 0.25) is 0 Å². The van der Waals surface area contributed by atoms with Crippen molar-refractivity contribution in [1.82, 2.24) is 10.6 Å². The molecule has 0 spiro atoms. The Labute approximate surface area is 266 Å². The number of hydrogen-bond acceptors (Lipinski definition) is 4. The summed E-state index contributed by atoms with van der Waals surface area (Å²) >= 11 is 0. The van der Waals surface area contributed by atoms with Crippen LogP contribution in [0.2, 0.25) is 0 Å². The maximum absolute atomic E-state index is 5.95. The molecule has 2 N–H and O–H groups in total. The molecule has 44 heavy (non-hydrogen) atoms. The molecule has 0 aliphatic carbocycles. The summed E-state index contributed by atoms with van der Waals surface area (Å²) in [5.41, 5.74) is 5.19. The van der Waals surface area contributed by atoms with Crippen LogP contribution in [0.5, 0.6) is 11.5 Å². The molecular formula is C40H52N2O2. The third-order valence-electron chi connectivity index (χ3n) is 7.92. The molecule has 0 unspecified atom stereocenters. The van der Waals surface area contributed by atoms with Crippen LogP contribution in [-0.4, -0.2) is 13.2 Å². The molecule has 4 aromatic rings. The maximum atomic E-state index is 5.95. The molecule has 0 radical (unpaired) electrons. The van der Waals surface area contributed by atoms with E-state index in [-0.39, 0.29) is 0 Å². The van der Waals surface area contributed by atoms with E-state index in [0.29, 0.717) is 0 Å². The first-order valence-electron chi connectivity index (χ1n) is 16.8. The minimum absolute atomic E-state index is 0.809. The van der Waals surface area contributed by atoms with Crippen molar-refractivity contribution in [3.63, 3.8) is 0 Å². The van der Waals surface area contributed by atoms with E-state index < -0.39 is 0 Å². The fourth-order valence-electron chi connectivity index (χ4n) is 5.30. The summed E-state index contributed by atoms with van der Waals surface area (Å²) in [6, 6.07) is 38.0. The van der Waals surface area contributed by atoms with Gasteiger partial charge in [-0.3, -0.25) is 0 Å². The van der Waals surface area contributed by atoms with Gasteiger partial charge in [0.25, 0.3) is 0 Å². The number of benzene rings is 4. The minimum atomic E-state index is 0.809. The summed E-state index contributed by atoms with van der Waals surface area (Å²) in [7, 11) is 0. The Bertz CT molecular complexity index is 1140. The highest BCUT2D eigenvalue weighted by atomic mass is 16.5. The molecule has 0 heterocycles. The molecule has 0 saturated heterocycles. The van der Waals surface area contributed by atoms with Crippen molar-refractivity contribution in [2.45, 2.75) is 90.4 Å². The number of ether oxygens (including phenoxy) is 2. The molecular weight excluding hydrogens is 540 g/mol. The van der Waals surface area contributed by atoms with Gasteiger partial charge in [0.1, 0.15) is 11.5 Å². The van der Waals surface area contributed by atoms with Gasteiger partial charge in [-0.25, -0.2) is 0 Å². The molecule has 0 saturated carbocycles. The smallest absolute Gasteiger partial charge is 0.119 e. The second-order valence-electron chi connectivity index (χ2n) is 11.7. The van der Waals surface area contributed by atoms with E-state index in [1.807, 2.05) is 0 Å². The van der Waals surface area contributed by atoms with Gasteiger partial charge in [0, 0.05) is 26.2 Å². The highest BCUT2D eigenvalue weighted by Crippen LogP contribution is 2.16. The van der Waals surface area contributed by atoms with Gasteiger partial charge in [-0.1, -0.05) is 136 Å². The van der Waals surface area contributed by atoms with Gasteiger partial charge < -0.3 is 20.1 Å². The van der Waals surface area contributed by atoms with E-state index in [4.69, 9.17) is 9.47 Å². The molecule has 4 heteroatoms. The van der Waals surface area contributed by atoms with Crippen molar-refractivity contribution in [3.05, 3.63) is 131 Å². The number of unbranched alkanes of at least 4 members (excludes halogenated alkanes) is 9. The Kier molecular flexibility index (Phi) is 16.0. The minimum Gasteiger partial charge on any atom is -0.494 e. The van der Waals surface area contributed by atoms with Crippen LogP contribution < -0.4 is 20.1 Å². The summed E-state index contributed by atoms with van der Waals surface area (Å²) < 4.78 is 11.9. The summed E-state index contributed by atoms with van der Waals surface area (Å²) in [5.74, 6) is 1.95. The molecule has 0 aliphatic rings. The topological polar surface area (TPSA) is 42.5 Å². The normalized spacial score (nSPS) is 11.0. The molecule has 0 bridgehead atoms. The number of hydrogen-bond donors (Lipinski definition) is 2. The lowest BCUT2D eigenvalue weighted by atomic mass is 10.1. The van der Waals surface area contributed by atoms with Crippen molar-refractivity contribution < 1.29 is 9.47 Å². The summed E-state index contributed by atoms with van der Waals surface area (Å²) in [6.07, 6.45) is 12.8. The highest BCUT2D eigenvalue weighted by Gasteiger charge is 2.00. The van der Waals surface area contributed by atoms with Gasteiger partial charge >= 0.3 is 0 Å². The van der Waals surface area contributed by atoms with Gasteiger partial charge in [-0.2, -0.15) is 0 Å². The SMILES string of the molecule is c1ccc(CNCc2ccc(OCCCCCCCCCCCCOc3ccc(CNCc4ccccc4)cc3)cc2)cc1. The van der Waals surface area contributed by atoms with E-state index in [2.05, 4.69) is 120 Å². The zero-order valence-electron chi connectivity index (χ0n) is 26.5. The van der Waals surface area contributed by atoms with Gasteiger partial charge in [-0.05, 0) is 59.4 Å². The van der Waals surface area contributed by atoms with E-state index in [9.17, 15) is 0 Å². The number of rotatable bonds is 23. The second kappa shape index (κ2) is 21.2. The predicted molar refractivity (Wildman–Crippen MR) is 184 cm³/mol. The number of nitrogens with one attached hydrogen (secondary N) is 2. The van der Waals surface area contributed by atoms with Crippen molar-refractivity contribution >= 4 is 0 Å². The summed E-state index contributed by atoms with van der Waals surface area (Å²) in [6.45, 7) is 5.13. The molecule has 4 aromatic carbocycles. The van der Waals surface area contributed by atoms with Crippen molar-refractivity contribution in [2.24, 2.45) is 0 Å². The molecule has 0 aromatic heterocycles. The van der Waals surface area contributed by atoms with Crippen molar-refractivity contribution in [3.8, 4) is 11.5 Å². The highest BCUT2D eigenvalue weighted by molar-refractivity contribution is 5.28. The lowest BCUT2D eigenvalue weighted by Gasteiger charge is -2.09. The third-order valence-corrected chi connectivity index (χ3v) is 7.92. The van der Waals surface area contributed by atoms with E-state index in [1.54, 1.807) is 0 Å². The van der Waals surface area contributed by atoms with E-state index >= 15 is 0 Å². The van der Waals surface area contributed by atoms with Crippen LogP contribution in [0.1, 0.15) is 86.5 Å². The van der Waals surface area contributed by atoms with Crippen LogP contribution in [0.3, 0.4) is 0 Å². The van der Waals surface area contributed by atoms with Crippen LogP contribution in [0, 0.1) is 0 Å². The Morgan fingerprint density at radius 3 is 0.955 bits per heavy atom. The zero-order valence-corrected chi connectivity index (χ0v) is 26.5. The second-order valence-corrected chi connectivity index (χ2v) is 11.7. The summed E-state index contributed by atoms with van der Waals surface area (Å²) in [4.78, 5) is 0. The van der Waals surface area contributed by atoms with Crippen LogP contribution in [0.25, 0.3) is 0 Å². The van der Waals surface area contributed by atoms with Crippen molar-refractivity contribution in [1.29, 1.82) is 0 Å². The van der Waals surface area contributed by atoms with Gasteiger partial charge in [0.15, 0.2) is 0 Å². The molecule has 234 valence electrons. The first-order chi connectivity index (χ1) is 21.8. The first kappa shape index (κ1) is 33.3. The van der Waals surface area contributed by atoms with E-state index in [0.717, 1.165) is 63.7 Å². The van der Waals surface area contributed by atoms with E-state index in [1.165, 1.54) is 73.6 Å². The predicted octanol–water partition coefficient (Wildman–Crippen LogP) is 9.62. The standard InChI is InChI=1S/C40H52N2O2/c1(3-5-7-15-29-43-39-25-21-37(22-26-39)33-41-31-35-17-11-9-12-18-35)2-4-6-8-16-30-44-40-27-23-38(24-28-40)34-42-32-36-19-13-10-14-20-36/h9-14,17-28,41-42H,1-8,15-16,29-34H2. The Balaban J connectivity index is 0.896. The Morgan fingerprint density at radius 1 is 0.318 bits per heavy atom. The third kappa shape index (κ3) is 14.2.